The number of hydrogen-bond donors (Lipinski definition) is 3. The molecule has 1 amide bonds. The molecule has 8 nitrogen and oxygen atoms in total. The van der Waals surface area contributed by atoms with Gasteiger partial charge in [-0.05, 0) is 50.8 Å². The number of carbonyl (C=O) groups is 1. The molecule has 8 heteroatoms. The number of alkyl carbamates (subject to hydrolysis) is 1. The van der Waals surface area contributed by atoms with Crippen LogP contribution in [0.4, 0.5) is 10.5 Å². The predicted molar refractivity (Wildman–Crippen MR) is 152 cm³/mol. The minimum absolute atomic E-state index is 0.0870. The Morgan fingerprint density at radius 1 is 1.32 bits per heavy atom. The Bertz CT molecular complexity index is 952. The summed E-state index contributed by atoms with van der Waals surface area (Å²) in [6.45, 7) is 12.9. The molecule has 0 aromatic heterocycles. The SMILES string of the molecule is CCOC(C(C)CC)C(C)C1CC(O)(C(/C=C/C=C(\C)Cc2cc(NC)c(C)c(OC)c2)OC)NC(=O)O1. The normalized spacial score (nSPS) is 23.4. The molecule has 1 aromatic rings. The van der Waals surface area contributed by atoms with Gasteiger partial charge in [-0.3, -0.25) is 5.32 Å². The van der Waals surface area contributed by atoms with Crippen LogP contribution in [0.25, 0.3) is 0 Å². The molecule has 0 bridgehead atoms. The van der Waals surface area contributed by atoms with Gasteiger partial charge >= 0.3 is 6.09 Å². The van der Waals surface area contributed by atoms with Gasteiger partial charge in [-0.25, -0.2) is 4.79 Å². The molecule has 214 valence electrons. The molecule has 2 rings (SSSR count). The number of nitrogens with one attached hydrogen (secondary N) is 2. The fourth-order valence-electron chi connectivity index (χ4n) is 5.15. The number of allylic oxidation sites excluding steroid dienone is 3. The highest BCUT2D eigenvalue weighted by Crippen LogP contribution is 2.33. The van der Waals surface area contributed by atoms with Gasteiger partial charge in [0.05, 0.1) is 13.2 Å². The van der Waals surface area contributed by atoms with Gasteiger partial charge in [0.2, 0.25) is 0 Å². The molecule has 0 aliphatic carbocycles. The number of amides is 1. The number of cyclic esters (lactones) is 1. The van der Waals surface area contributed by atoms with Crippen molar-refractivity contribution < 1.29 is 28.8 Å². The van der Waals surface area contributed by atoms with Gasteiger partial charge in [0.1, 0.15) is 18.0 Å². The lowest BCUT2D eigenvalue weighted by molar-refractivity contribution is -0.154. The second kappa shape index (κ2) is 14.6. The first kappa shape index (κ1) is 31.7. The molecule has 1 saturated heterocycles. The van der Waals surface area contributed by atoms with Crippen molar-refractivity contribution in [3.8, 4) is 5.75 Å². The van der Waals surface area contributed by atoms with Crippen LogP contribution in [0.2, 0.25) is 0 Å². The quantitative estimate of drug-likeness (QED) is 0.277. The Labute approximate surface area is 228 Å². The Morgan fingerprint density at radius 3 is 2.61 bits per heavy atom. The Hall–Kier alpha value is -2.55. The Morgan fingerprint density at radius 2 is 2.03 bits per heavy atom. The average Bonchev–Trinajstić information content (AvgIpc) is 2.89. The number of benzene rings is 1. The van der Waals surface area contributed by atoms with Crippen molar-refractivity contribution in [1.82, 2.24) is 5.32 Å². The fourth-order valence-corrected chi connectivity index (χ4v) is 5.15. The van der Waals surface area contributed by atoms with E-state index in [0.29, 0.717) is 6.61 Å². The van der Waals surface area contributed by atoms with Crippen molar-refractivity contribution >= 4 is 11.8 Å². The number of carbonyl (C=O) groups excluding carboxylic acids is 1. The predicted octanol–water partition coefficient (Wildman–Crippen LogP) is 5.38. The van der Waals surface area contributed by atoms with E-state index in [2.05, 4.69) is 30.5 Å². The van der Waals surface area contributed by atoms with Gasteiger partial charge in [0.15, 0.2) is 5.72 Å². The number of anilines is 1. The number of ether oxygens (including phenoxy) is 4. The van der Waals surface area contributed by atoms with E-state index in [1.165, 1.54) is 7.11 Å². The van der Waals surface area contributed by atoms with E-state index in [4.69, 9.17) is 18.9 Å². The third kappa shape index (κ3) is 7.98. The van der Waals surface area contributed by atoms with E-state index >= 15 is 0 Å². The van der Waals surface area contributed by atoms with Crippen LogP contribution < -0.4 is 15.4 Å². The van der Waals surface area contributed by atoms with Crippen molar-refractivity contribution in [2.45, 2.75) is 84.8 Å². The summed E-state index contributed by atoms with van der Waals surface area (Å²) in [7, 11) is 5.09. The third-order valence-electron chi connectivity index (χ3n) is 7.54. The Kier molecular flexibility index (Phi) is 12.1. The lowest BCUT2D eigenvalue weighted by Crippen LogP contribution is -2.64. The number of rotatable bonds is 14. The van der Waals surface area contributed by atoms with Gasteiger partial charge in [-0.2, -0.15) is 0 Å². The standard InChI is InChI=1S/C30H48N2O6/c1-10-20(4)28(37-11-2)22(6)26-18-30(34,32-29(33)38-26)27(36-9)14-12-13-19(3)15-23-16-24(31-7)21(5)25(17-23)35-8/h12-14,16-17,20,22,26-28,31,34H,10-11,15,18H2,1-9H3,(H,32,33)/b14-12+,19-13+. The molecule has 0 radical (unpaired) electrons. The summed E-state index contributed by atoms with van der Waals surface area (Å²) in [5.41, 5.74) is 2.73. The van der Waals surface area contributed by atoms with Gasteiger partial charge < -0.3 is 29.4 Å². The topological polar surface area (TPSA) is 98.3 Å². The number of methoxy groups -OCH3 is 2. The molecule has 0 spiro atoms. The van der Waals surface area contributed by atoms with E-state index in [1.54, 1.807) is 13.2 Å². The van der Waals surface area contributed by atoms with E-state index in [-0.39, 0.29) is 24.4 Å². The van der Waals surface area contributed by atoms with Crippen LogP contribution in [0.15, 0.2) is 35.9 Å². The van der Waals surface area contributed by atoms with Crippen LogP contribution in [-0.4, -0.2) is 63.1 Å². The highest BCUT2D eigenvalue weighted by Gasteiger charge is 2.47. The van der Waals surface area contributed by atoms with Crippen molar-refractivity contribution in [1.29, 1.82) is 0 Å². The van der Waals surface area contributed by atoms with E-state index in [9.17, 15) is 9.90 Å². The maximum absolute atomic E-state index is 12.5. The Balaban J connectivity index is 2.18. The zero-order valence-corrected chi connectivity index (χ0v) is 24.6. The van der Waals surface area contributed by atoms with Crippen LogP contribution in [-0.2, 0) is 20.6 Å². The number of aliphatic hydroxyl groups is 1. The van der Waals surface area contributed by atoms with Crippen LogP contribution in [0.3, 0.4) is 0 Å². The first-order valence-corrected chi connectivity index (χ1v) is 13.6. The van der Waals surface area contributed by atoms with Crippen LogP contribution in [0.1, 0.15) is 58.6 Å². The van der Waals surface area contributed by atoms with Gasteiger partial charge in [-0.1, -0.05) is 51.0 Å². The maximum atomic E-state index is 12.5. The summed E-state index contributed by atoms with van der Waals surface area (Å²) in [4.78, 5) is 12.5. The molecule has 0 saturated carbocycles. The van der Waals surface area contributed by atoms with Gasteiger partial charge in [0, 0.05) is 44.4 Å². The van der Waals surface area contributed by atoms with Crippen molar-refractivity contribution in [2.75, 3.05) is 33.2 Å². The molecule has 1 heterocycles. The highest BCUT2D eigenvalue weighted by molar-refractivity contribution is 5.69. The summed E-state index contributed by atoms with van der Waals surface area (Å²) in [6, 6.07) is 4.17. The second-order valence-electron chi connectivity index (χ2n) is 10.3. The molecule has 1 aliphatic rings. The first-order chi connectivity index (χ1) is 18.0. The van der Waals surface area contributed by atoms with Gasteiger partial charge in [0.25, 0.3) is 0 Å². The minimum Gasteiger partial charge on any atom is -0.496 e. The molecule has 3 N–H and O–H groups in total. The molecule has 1 fully saturated rings. The van der Waals surface area contributed by atoms with Crippen molar-refractivity contribution in [2.24, 2.45) is 11.8 Å². The van der Waals surface area contributed by atoms with Crippen molar-refractivity contribution in [3.63, 3.8) is 0 Å². The molecule has 1 aromatic carbocycles. The minimum atomic E-state index is -1.61. The average molecular weight is 533 g/mol. The largest absolute Gasteiger partial charge is 0.496 e. The van der Waals surface area contributed by atoms with Crippen LogP contribution >= 0.6 is 0 Å². The third-order valence-corrected chi connectivity index (χ3v) is 7.54. The van der Waals surface area contributed by atoms with Gasteiger partial charge in [-0.15, -0.1) is 0 Å². The van der Waals surface area contributed by atoms with E-state index < -0.39 is 24.0 Å². The number of hydrogen-bond acceptors (Lipinski definition) is 7. The lowest BCUT2D eigenvalue weighted by Gasteiger charge is -2.44. The fraction of sp³-hybridized carbons (Fsp3) is 0.633. The zero-order chi connectivity index (χ0) is 28.5. The monoisotopic (exact) mass is 532 g/mol. The summed E-state index contributed by atoms with van der Waals surface area (Å²) >= 11 is 0. The maximum Gasteiger partial charge on any atom is 0.409 e. The summed E-state index contributed by atoms with van der Waals surface area (Å²) in [5.74, 6) is 1.03. The molecule has 1 aliphatic heterocycles. The lowest BCUT2D eigenvalue weighted by atomic mass is 9.83. The van der Waals surface area contributed by atoms with Crippen molar-refractivity contribution in [3.05, 3.63) is 47.1 Å². The van der Waals surface area contributed by atoms with Crippen LogP contribution in [0, 0.1) is 18.8 Å². The first-order valence-electron chi connectivity index (χ1n) is 13.6. The molecule has 38 heavy (non-hydrogen) atoms. The van der Waals surface area contributed by atoms with E-state index in [1.807, 2.05) is 53.0 Å². The molecular weight excluding hydrogens is 484 g/mol. The summed E-state index contributed by atoms with van der Waals surface area (Å²) in [6.07, 6.45) is 5.43. The smallest absolute Gasteiger partial charge is 0.409 e. The molecule has 6 unspecified atom stereocenters. The molecule has 6 atom stereocenters. The molecular formula is C30H48N2O6. The van der Waals surface area contributed by atoms with Crippen LogP contribution in [0.5, 0.6) is 5.75 Å². The summed E-state index contributed by atoms with van der Waals surface area (Å²) in [5, 5.41) is 17.3. The highest BCUT2D eigenvalue weighted by atomic mass is 16.6. The zero-order valence-electron chi connectivity index (χ0n) is 24.6. The van der Waals surface area contributed by atoms with E-state index in [0.717, 1.165) is 41.0 Å². The summed E-state index contributed by atoms with van der Waals surface area (Å²) < 4.78 is 22.8. The second-order valence-corrected chi connectivity index (χ2v) is 10.3.